The van der Waals surface area contributed by atoms with Crippen LogP contribution in [0.5, 0.6) is 0 Å². The number of nitriles is 1. The Kier molecular flexibility index (Phi) is 6.04. The third-order valence-corrected chi connectivity index (χ3v) is 2.90. The number of aryl methyl sites for hydroxylation is 1. The van der Waals surface area contributed by atoms with Crippen LogP contribution in [0.3, 0.4) is 0 Å². The summed E-state index contributed by atoms with van der Waals surface area (Å²) >= 11 is 0. The van der Waals surface area contributed by atoms with E-state index in [2.05, 4.69) is 11.4 Å². The fourth-order valence-electron chi connectivity index (χ4n) is 1.85. The van der Waals surface area contributed by atoms with Crippen molar-refractivity contribution in [3.63, 3.8) is 0 Å². The van der Waals surface area contributed by atoms with Crippen LogP contribution in [0.2, 0.25) is 0 Å². The molecule has 1 N–H and O–H groups in total. The van der Waals surface area contributed by atoms with Crippen molar-refractivity contribution in [2.45, 2.75) is 26.8 Å². The number of likely N-dealkylation sites (N-methyl/N-ethyl adjacent to an activating group) is 1. The number of carbonyl (C=O) groups excluding carboxylic acids is 1. The van der Waals surface area contributed by atoms with E-state index in [0.29, 0.717) is 18.7 Å². The lowest BCUT2D eigenvalue weighted by atomic mass is 10.1. The van der Waals surface area contributed by atoms with Gasteiger partial charge in [-0.05, 0) is 43.7 Å². The largest absolute Gasteiger partial charge is 0.355 e. The molecule has 0 aromatic heterocycles. The number of rotatable bonds is 6. The standard InChI is InChI=1S/C15H21N3O/c1-4-7-17-15(19)11-18(3)10-14-6-5-13(9-16)8-12(14)2/h5-6,8H,4,7,10-11H2,1-3H3,(H,17,19). The SMILES string of the molecule is CCCNC(=O)CN(C)Cc1ccc(C#N)cc1C. The average Bonchev–Trinajstić information content (AvgIpc) is 2.38. The van der Waals surface area contributed by atoms with E-state index in [1.54, 1.807) is 0 Å². The number of benzene rings is 1. The predicted octanol–water partition coefficient (Wildman–Crippen LogP) is 1.82. The second-order valence-electron chi connectivity index (χ2n) is 4.78. The first kappa shape index (κ1) is 15.2. The minimum atomic E-state index is 0.0515. The van der Waals surface area contributed by atoms with Gasteiger partial charge in [-0.2, -0.15) is 5.26 Å². The maximum absolute atomic E-state index is 11.6. The Morgan fingerprint density at radius 2 is 2.21 bits per heavy atom. The van der Waals surface area contributed by atoms with Crippen LogP contribution in [0.15, 0.2) is 18.2 Å². The number of hydrogen-bond donors (Lipinski definition) is 1. The predicted molar refractivity (Wildman–Crippen MR) is 75.5 cm³/mol. The molecule has 102 valence electrons. The second kappa shape index (κ2) is 7.55. The van der Waals surface area contributed by atoms with E-state index in [-0.39, 0.29) is 5.91 Å². The van der Waals surface area contributed by atoms with Crippen molar-refractivity contribution in [2.24, 2.45) is 0 Å². The van der Waals surface area contributed by atoms with Crippen LogP contribution in [-0.2, 0) is 11.3 Å². The maximum atomic E-state index is 11.6. The fraction of sp³-hybridized carbons (Fsp3) is 0.467. The molecule has 0 saturated heterocycles. The molecule has 4 nitrogen and oxygen atoms in total. The highest BCUT2D eigenvalue weighted by molar-refractivity contribution is 5.77. The van der Waals surface area contributed by atoms with Gasteiger partial charge in [0.1, 0.15) is 0 Å². The molecule has 0 aliphatic carbocycles. The molecule has 1 aromatic carbocycles. The molecule has 1 amide bonds. The van der Waals surface area contributed by atoms with Crippen molar-refractivity contribution in [2.75, 3.05) is 20.1 Å². The summed E-state index contributed by atoms with van der Waals surface area (Å²) in [5, 5.41) is 11.7. The first-order valence-corrected chi connectivity index (χ1v) is 6.51. The van der Waals surface area contributed by atoms with Gasteiger partial charge in [0.2, 0.25) is 5.91 Å². The van der Waals surface area contributed by atoms with E-state index in [0.717, 1.165) is 24.1 Å². The zero-order valence-electron chi connectivity index (χ0n) is 11.9. The fourth-order valence-corrected chi connectivity index (χ4v) is 1.85. The Balaban J connectivity index is 2.55. The molecule has 4 heteroatoms. The van der Waals surface area contributed by atoms with Gasteiger partial charge in [-0.15, -0.1) is 0 Å². The molecule has 0 atom stereocenters. The number of nitrogens with one attached hydrogen (secondary N) is 1. The number of hydrogen-bond acceptors (Lipinski definition) is 3. The lowest BCUT2D eigenvalue weighted by Gasteiger charge is -2.17. The Labute approximate surface area is 115 Å². The maximum Gasteiger partial charge on any atom is 0.234 e. The molecule has 0 radical (unpaired) electrons. The van der Waals surface area contributed by atoms with Gasteiger partial charge in [-0.3, -0.25) is 9.69 Å². The van der Waals surface area contributed by atoms with Gasteiger partial charge in [-0.25, -0.2) is 0 Å². The van der Waals surface area contributed by atoms with Gasteiger partial charge >= 0.3 is 0 Å². The van der Waals surface area contributed by atoms with E-state index in [9.17, 15) is 4.79 Å². The molecular formula is C15H21N3O. The molecule has 0 aliphatic rings. The molecule has 0 fully saturated rings. The first-order valence-electron chi connectivity index (χ1n) is 6.51. The zero-order valence-corrected chi connectivity index (χ0v) is 11.9. The summed E-state index contributed by atoms with van der Waals surface area (Å²) in [5.41, 5.74) is 2.90. The van der Waals surface area contributed by atoms with Crippen molar-refractivity contribution in [3.8, 4) is 6.07 Å². The van der Waals surface area contributed by atoms with Gasteiger partial charge in [0.05, 0.1) is 18.2 Å². The Morgan fingerprint density at radius 1 is 1.47 bits per heavy atom. The summed E-state index contributed by atoms with van der Waals surface area (Å²) in [4.78, 5) is 13.6. The summed E-state index contributed by atoms with van der Waals surface area (Å²) in [7, 11) is 1.92. The molecule has 0 heterocycles. The summed E-state index contributed by atoms with van der Waals surface area (Å²) in [5.74, 6) is 0.0515. The van der Waals surface area contributed by atoms with Gasteiger partial charge in [-0.1, -0.05) is 13.0 Å². The Morgan fingerprint density at radius 3 is 2.79 bits per heavy atom. The van der Waals surface area contributed by atoms with Crippen LogP contribution in [0.4, 0.5) is 0 Å². The van der Waals surface area contributed by atoms with Gasteiger partial charge in [0.25, 0.3) is 0 Å². The van der Waals surface area contributed by atoms with Crippen LogP contribution in [0.25, 0.3) is 0 Å². The third kappa shape index (κ3) is 5.11. The first-order chi connectivity index (χ1) is 9.06. The highest BCUT2D eigenvalue weighted by Gasteiger charge is 2.08. The molecular weight excluding hydrogens is 238 g/mol. The molecule has 0 aliphatic heterocycles. The van der Waals surface area contributed by atoms with E-state index in [1.165, 1.54) is 0 Å². The minimum absolute atomic E-state index is 0.0515. The van der Waals surface area contributed by atoms with Crippen molar-refractivity contribution >= 4 is 5.91 Å². The lowest BCUT2D eigenvalue weighted by molar-refractivity contribution is -0.122. The highest BCUT2D eigenvalue weighted by Crippen LogP contribution is 2.12. The lowest BCUT2D eigenvalue weighted by Crippen LogP contribution is -2.35. The average molecular weight is 259 g/mol. The van der Waals surface area contributed by atoms with E-state index in [4.69, 9.17) is 5.26 Å². The monoisotopic (exact) mass is 259 g/mol. The molecule has 1 rings (SSSR count). The molecule has 0 spiro atoms. The van der Waals surface area contributed by atoms with Crippen molar-refractivity contribution in [1.29, 1.82) is 5.26 Å². The van der Waals surface area contributed by atoms with Crippen molar-refractivity contribution < 1.29 is 4.79 Å². The summed E-state index contributed by atoms with van der Waals surface area (Å²) in [6, 6.07) is 7.77. The van der Waals surface area contributed by atoms with Gasteiger partial charge in [0, 0.05) is 13.1 Å². The van der Waals surface area contributed by atoms with Gasteiger partial charge < -0.3 is 5.32 Å². The molecule has 19 heavy (non-hydrogen) atoms. The quantitative estimate of drug-likeness (QED) is 0.848. The number of amides is 1. The molecule has 0 unspecified atom stereocenters. The summed E-state index contributed by atoms with van der Waals surface area (Å²) in [6.45, 7) is 5.84. The van der Waals surface area contributed by atoms with E-state index < -0.39 is 0 Å². The smallest absolute Gasteiger partial charge is 0.234 e. The summed E-state index contributed by atoms with van der Waals surface area (Å²) in [6.07, 6.45) is 0.949. The highest BCUT2D eigenvalue weighted by atomic mass is 16.2. The van der Waals surface area contributed by atoms with Crippen molar-refractivity contribution in [1.82, 2.24) is 10.2 Å². The molecule has 0 bridgehead atoms. The second-order valence-corrected chi connectivity index (χ2v) is 4.78. The van der Waals surface area contributed by atoms with Crippen LogP contribution in [-0.4, -0.2) is 30.9 Å². The molecule has 1 aromatic rings. The summed E-state index contributed by atoms with van der Waals surface area (Å²) < 4.78 is 0. The van der Waals surface area contributed by atoms with Crippen LogP contribution in [0, 0.1) is 18.3 Å². The minimum Gasteiger partial charge on any atom is -0.355 e. The number of carbonyl (C=O) groups is 1. The van der Waals surface area contributed by atoms with E-state index >= 15 is 0 Å². The Bertz CT molecular complexity index is 477. The van der Waals surface area contributed by atoms with Gasteiger partial charge in [0.15, 0.2) is 0 Å². The van der Waals surface area contributed by atoms with Crippen molar-refractivity contribution in [3.05, 3.63) is 34.9 Å². The Hall–Kier alpha value is -1.86. The van der Waals surface area contributed by atoms with Crippen LogP contribution in [0.1, 0.15) is 30.0 Å². The topological polar surface area (TPSA) is 56.1 Å². The molecule has 0 saturated carbocycles. The van der Waals surface area contributed by atoms with Crippen LogP contribution < -0.4 is 5.32 Å². The van der Waals surface area contributed by atoms with E-state index in [1.807, 2.05) is 44.0 Å². The third-order valence-electron chi connectivity index (χ3n) is 2.90. The number of nitrogens with zero attached hydrogens (tertiary/aromatic N) is 2. The normalized spacial score (nSPS) is 10.3. The zero-order chi connectivity index (χ0) is 14.3. The van der Waals surface area contributed by atoms with Crippen LogP contribution >= 0.6 is 0 Å².